The van der Waals surface area contributed by atoms with E-state index in [1.54, 1.807) is 31.2 Å². The smallest absolute Gasteiger partial charge is 0.410 e. The highest BCUT2D eigenvalue weighted by atomic mass is 16.6. The van der Waals surface area contributed by atoms with Crippen LogP contribution in [0.4, 0.5) is 10.6 Å². The lowest BCUT2D eigenvalue weighted by molar-refractivity contribution is 0.202. The van der Waals surface area contributed by atoms with Gasteiger partial charge in [-0.1, -0.05) is 18.2 Å². The molecule has 0 amide bonds. The standard InChI is InChI=1S/C11H11N3O2/c1-8-13-7-10(12)14(8)11(15)16-9-5-3-2-4-6-9/h2-7H,12H2,1H3. The molecule has 0 bridgehead atoms. The zero-order valence-electron chi connectivity index (χ0n) is 8.75. The van der Waals surface area contributed by atoms with Gasteiger partial charge in [-0.15, -0.1) is 0 Å². The van der Waals surface area contributed by atoms with Crippen molar-refractivity contribution in [3.63, 3.8) is 0 Å². The molecule has 5 nitrogen and oxygen atoms in total. The number of para-hydroxylation sites is 1. The van der Waals surface area contributed by atoms with Gasteiger partial charge in [0.2, 0.25) is 0 Å². The molecule has 1 aromatic heterocycles. The van der Waals surface area contributed by atoms with Gasteiger partial charge in [0, 0.05) is 0 Å². The van der Waals surface area contributed by atoms with Crippen LogP contribution < -0.4 is 10.5 Å². The number of benzene rings is 1. The van der Waals surface area contributed by atoms with E-state index >= 15 is 0 Å². The lowest BCUT2D eigenvalue weighted by Crippen LogP contribution is -2.19. The number of ether oxygens (including phenoxy) is 1. The first-order valence-electron chi connectivity index (χ1n) is 4.75. The number of hydrogen-bond donors (Lipinski definition) is 1. The minimum absolute atomic E-state index is 0.262. The molecule has 0 saturated heterocycles. The maximum atomic E-state index is 11.7. The summed E-state index contributed by atoms with van der Waals surface area (Å²) in [5.74, 6) is 1.23. The van der Waals surface area contributed by atoms with E-state index in [2.05, 4.69) is 4.98 Å². The number of nitrogens with two attached hydrogens (primary N) is 1. The Kier molecular flexibility index (Phi) is 2.59. The number of carbonyl (C=O) groups is 1. The summed E-state index contributed by atoms with van der Waals surface area (Å²) in [5, 5.41) is 0. The maximum absolute atomic E-state index is 11.7. The molecule has 0 radical (unpaired) electrons. The first-order valence-corrected chi connectivity index (χ1v) is 4.75. The predicted molar refractivity (Wildman–Crippen MR) is 59.2 cm³/mol. The third-order valence-electron chi connectivity index (χ3n) is 2.10. The summed E-state index contributed by atoms with van der Waals surface area (Å²) < 4.78 is 6.34. The van der Waals surface area contributed by atoms with Gasteiger partial charge in [0.1, 0.15) is 17.4 Å². The summed E-state index contributed by atoms with van der Waals surface area (Å²) in [4.78, 5) is 15.7. The van der Waals surface area contributed by atoms with Crippen LogP contribution in [0.1, 0.15) is 5.82 Å². The molecule has 2 aromatic rings. The number of aryl methyl sites for hydroxylation is 1. The van der Waals surface area contributed by atoms with Crippen LogP contribution in [0.15, 0.2) is 36.5 Å². The molecule has 0 saturated carbocycles. The third kappa shape index (κ3) is 1.88. The lowest BCUT2D eigenvalue weighted by atomic mass is 10.3. The number of aromatic nitrogens is 2. The fourth-order valence-electron chi connectivity index (χ4n) is 1.33. The van der Waals surface area contributed by atoms with Crippen molar-refractivity contribution in [2.24, 2.45) is 0 Å². The van der Waals surface area contributed by atoms with Crippen LogP contribution in [0.2, 0.25) is 0 Å². The summed E-state index contributed by atoms with van der Waals surface area (Å²) in [6.45, 7) is 1.68. The van der Waals surface area contributed by atoms with Gasteiger partial charge in [-0.3, -0.25) is 0 Å². The molecule has 82 valence electrons. The molecule has 0 spiro atoms. The van der Waals surface area contributed by atoms with Crippen LogP contribution in [0.25, 0.3) is 0 Å². The number of imidazole rings is 1. The topological polar surface area (TPSA) is 70.1 Å². The fraction of sp³-hybridized carbons (Fsp3) is 0.0909. The quantitative estimate of drug-likeness (QED) is 0.790. The summed E-state index contributed by atoms with van der Waals surface area (Å²) >= 11 is 0. The van der Waals surface area contributed by atoms with Crippen molar-refractivity contribution < 1.29 is 9.53 Å². The molecule has 0 aliphatic rings. The van der Waals surface area contributed by atoms with E-state index < -0.39 is 6.09 Å². The minimum Gasteiger partial charge on any atom is -0.410 e. The maximum Gasteiger partial charge on any atom is 0.426 e. The molecule has 0 fully saturated rings. The van der Waals surface area contributed by atoms with Gasteiger partial charge in [0.25, 0.3) is 0 Å². The van der Waals surface area contributed by atoms with Gasteiger partial charge >= 0.3 is 6.09 Å². The van der Waals surface area contributed by atoms with Gasteiger partial charge in [-0.05, 0) is 19.1 Å². The number of nitrogen functional groups attached to an aromatic ring is 1. The molecule has 0 unspecified atom stereocenters. The molecule has 0 aliphatic heterocycles. The molecule has 1 aromatic carbocycles. The predicted octanol–water partition coefficient (Wildman–Crippen LogP) is 1.82. The molecule has 16 heavy (non-hydrogen) atoms. The zero-order valence-corrected chi connectivity index (χ0v) is 8.75. The molecule has 0 atom stereocenters. The number of hydrogen-bond acceptors (Lipinski definition) is 4. The Morgan fingerprint density at radius 3 is 2.62 bits per heavy atom. The van der Waals surface area contributed by atoms with E-state index in [9.17, 15) is 4.79 Å². The highest BCUT2D eigenvalue weighted by Crippen LogP contribution is 2.12. The Morgan fingerprint density at radius 2 is 2.06 bits per heavy atom. The molecular formula is C11H11N3O2. The van der Waals surface area contributed by atoms with Gasteiger partial charge in [0.15, 0.2) is 0 Å². The third-order valence-corrected chi connectivity index (χ3v) is 2.10. The molecule has 1 heterocycles. The van der Waals surface area contributed by atoms with Crippen LogP contribution in [0, 0.1) is 6.92 Å². The molecule has 2 rings (SSSR count). The van der Waals surface area contributed by atoms with Crippen molar-refractivity contribution in [2.45, 2.75) is 6.92 Å². The van der Waals surface area contributed by atoms with Crippen LogP contribution in [0.3, 0.4) is 0 Å². The van der Waals surface area contributed by atoms with E-state index in [1.165, 1.54) is 10.8 Å². The lowest BCUT2D eigenvalue weighted by Gasteiger charge is -2.06. The van der Waals surface area contributed by atoms with Crippen molar-refractivity contribution in [1.82, 2.24) is 9.55 Å². The summed E-state index contributed by atoms with van der Waals surface area (Å²) in [6.07, 6.45) is 0.861. The van der Waals surface area contributed by atoms with Crippen LogP contribution >= 0.6 is 0 Å². The average molecular weight is 217 g/mol. The summed E-state index contributed by atoms with van der Waals surface area (Å²) in [6, 6.07) is 8.80. The van der Waals surface area contributed by atoms with Crippen molar-refractivity contribution in [3.8, 4) is 5.75 Å². The van der Waals surface area contributed by atoms with Crippen LogP contribution in [-0.4, -0.2) is 15.6 Å². The average Bonchev–Trinajstić information content (AvgIpc) is 2.60. The number of rotatable bonds is 1. The van der Waals surface area contributed by atoms with Crippen molar-refractivity contribution >= 4 is 11.9 Å². The monoisotopic (exact) mass is 217 g/mol. The Hall–Kier alpha value is -2.30. The van der Waals surface area contributed by atoms with E-state index in [-0.39, 0.29) is 5.82 Å². The van der Waals surface area contributed by atoms with Crippen molar-refractivity contribution in [1.29, 1.82) is 0 Å². The Bertz CT molecular complexity index is 486. The SMILES string of the molecule is Cc1ncc(N)n1C(=O)Oc1ccccc1. The van der Waals surface area contributed by atoms with E-state index in [4.69, 9.17) is 10.5 Å². The highest BCUT2D eigenvalue weighted by molar-refractivity contribution is 5.77. The number of nitrogens with zero attached hydrogens (tertiary/aromatic N) is 2. The fourth-order valence-corrected chi connectivity index (χ4v) is 1.33. The van der Waals surface area contributed by atoms with Crippen LogP contribution in [0.5, 0.6) is 5.75 Å². The Morgan fingerprint density at radius 1 is 1.38 bits per heavy atom. The van der Waals surface area contributed by atoms with E-state index in [0.717, 1.165) is 0 Å². The Balaban J connectivity index is 2.22. The molecule has 2 N–H and O–H groups in total. The molecule has 5 heteroatoms. The number of carbonyl (C=O) groups excluding carboxylic acids is 1. The van der Waals surface area contributed by atoms with Gasteiger partial charge in [-0.2, -0.15) is 0 Å². The second kappa shape index (κ2) is 4.06. The molecule has 0 aliphatic carbocycles. The normalized spacial score (nSPS) is 10.1. The summed E-state index contributed by atoms with van der Waals surface area (Å²) in [7, 11) is 0. The largest absolute Gasteiger partial charge is 0.426 e. The van der Waals surface area contributed by atoms with Crippen molar-refractivity contribution in [3.05, 3.63) is 42.4 Å². The number of anilines is 1. The molecular weight excluding hydrogens is 206 g/mol. The summed E-state index contributed by atoms with van der Waals surface area (Å²) in [5.41, 5.74) is 5.60. The Labute approximate surface area is 92.5 Å². The van der Waals surface area contributed by atoms with E-state index in [1.807, 2.05) is 6.07 Å². The first-order chi connectivity index (χ1) is 7.68. The second-order valence-electron chi connectivity index (χ2n) is 3.25. The second-order valence-corrected chi connectivity index (χ2v) is 3.25. The van der Waals surface area contributed by atoms with Crippen LogP contribution in [-0.2, 0) is 0 Å². The first kappa shape index (κ1) is 10.2. The van der Waals surface area contributed by atoms with E-state index in [0.29, 0.717) is 11.6 Å². The highest BCUT2D eigenvalue weighted by Gasteiger charge is 2.13. The van der Waals surface area contributed by atoms with Gasteiger partial charge in [0.05, 0.1) is 6.20 Å². The van der Waals surface area contributed by atoms with Gasteiger partial charge in [-0.25, -0.2) is 14.3 Å². The zero-order chi connectivity index (χ0) is 11.5. The van der Waals surface area contributed by atoms with Gasteiger partial charge < -0.3 is 10.5 Å². The minimum atomic E-state index is -0.557. The van der Waals surface area contributed by atoms with Crippen molar-refractivity contribution in [2.75, 3.05) is 5.73 Å².